The number of benzene rings is 2. The second-order valence-corrected chi connectivity index (χ2v) is 7.36. The first-order valence-electron chi connectivity index (χ1n) is 11.1. The topological polar surface area (TPSA) is 83.0 Å². The van der Waals surface area contributed by atoms with Gasteiger partial charge < -0.3 is 10.1 Å². The number of hydrazone groups is 1. The molecule has 0 saturated heterocycles. The highest BCUT2D eigenvalue weighted by Gasteiger charge is 2.23. The van der Waals surface area contributed by atoms with E-state index in [-0.39, 0.29) is 17.9 Å². The van der Waals surface area contributed by atoms with E-state index >= 15 is 0 Å². The first-order valence-corrected chi connectivity index (χ1v) is 11.1. The number of nitrogens with one attached hydrogen (secondary N) is 2. The molecule has 0 heterocycles. The molecule has 0 aliphatic carbocycles. The Kier molecular flexibility index (Phi) is 11.0. The number of ether oxygens (including phenoxy) is 1. The smallest absolute Gasteiger partial charge is 0.257 e. The summed E-state index contributed by atoms with van der Waals surface area (Å²) in [5, 5.41) is 7.06. The molecule has 1 atom stereocenters. The van der Waals surface area contributed by atoms with Crippen molar-refractivity contribution in [3.63, 3.8) is 0 Å². The predicted octanol–water partition coefficient (Wildman–Crippen LogP) is 3.46. The molecule has 0 spiro atoms. The summed E-state index contributed by atoms with van der Waals surface area (Å²) >= 11 is 0. The van der Waals surface area contributed by atoms with Gasteiger partial charge in [0.25, 0.3) is 11.8 Å². The van der Waals surface area contributed by atoms with Crippen molar-refractivity contribution in [3.8, 4) is 5.75 Å². The standard InChI is InChI=1S/C25H34N4O3/c1-4-29(5-2)23(13-9-10-18-26-24(30)21-11-7-6-8-12-21)25(31)28-27-19-20-14-16-22(32-3)17-15-20/h6-8,11-12,14-17,19,23H,4-5,9-10,13,18H2,1-3H3,(H,26,30)(H,28,31). The molecule has 7 heteroatoms. The maximum atomic E-state index is 12.8. The number of methoxy groups -OCH3 is 1. The lowest BCUT2D eigenvalue weighted by Crippen LogP contribution is -2.45. The SMILES string of the molecule is CCN(CC)C(CCCCNC(=O)c1ccccc1)C(=O)NN=Cc1ccc(OC)cc1. The molecule has 2 rings (SSSR count). The van der Waals surface area contributed by atoms with Crippen molar-refractivity contribution in [2.75, 3.05) is 26.7 Å². The third kappa shape index (κ3) is 8.15. The number of hydrogen-bond donors (Lipinski definition) is 2. The third-order valence-electron chi connectivity index (χ3n) is 5.29. The van der Waals surface area contributed by atoms with Gasteiger partial charge in [-0.25, -0.2) is 5.43 Å². The second-order valence-electron chi connectivity index (χ2n) is 7.36. The van der Waals surface area contributed by atoms with Crippen molar-refractivity contribution in [1.82, 2.24) is 15.6 Å². The summed E-state index contributed by atoms with van der Waals surface area (Å²) in [6.07, 6.45) is 3.95. The maximum absolute atomic E-state index is 12.8. The third-order valence-corrected chi connectivity index (χ3v) is 5.29. The maximum Gasteiger partial charge on any atom is 0.257 e. The molecule has 32 heavy (non-hydrogen) atoms. The first kappa shape index (κ1) is 25.1. The largest absolute Gasteiger partial charge is 0.497 e. The van der Waals surface area contributed by atoms with Crippen LogP contribution in [-0.4, -0.2) is 55.7 Å². The van der Waals surface area contributed by atoms with Gasteiger partial charge in [0.15, 0.2) is 0 Å². The number of unbranched alkanes of at least 4 members (excludes halogenated alkanes) is 1. The molecule has 0 aliphatic rings. The first-order chi connectivity index (χ1) is 15.6. The van der Waals surface area contributed by atoms with Gasteiger partial charge in [0, 0.05) is 12.1 Å². The highest BCUT2D eigenvalue weighted by atomic mass is 16.5. The van der Waals surface area contributed by atoms with Gasteiger partial charge in [-0.05, 0) is 74.3 Å². The fraction of sp³-hybridized carbons (Fsp3) is 0.400. The minimum absolute atomic E-state index is 0.0727. The molecule has 0 aliphatic heterocycles. The molecule has 2 amide bonds. The highest BCUT2D eigenvalue weighted by Crippen LogP contribution is 2.11. The molecular weight excluding hydrogens is 404 g/mol. The molecule has 0 bridgehead atoms. The monoisotopic (exact) mass is 438 g/mol. The van der Waals surface area contributed by atoms with Crippen molar-refractivity contribution in [2.24, 2.45) is 5.10 Å². The minimum atomic E-state index is -0.261. The van der Waals surface area contributed by atoms with E-state index in [0.29, 0.717) is 18.5 Å². The van der Waals surface area contributed by atoms with Gasteiger partial charge >= 0.3 is 0 Å². The average molecular weight is 439 g/mol. The van der Waals surface area contributed by atoms with Gasteiger partial charge in [0.05, 0.1) is 19.4 Å². The Bertz CT molecular complexity index is 849. The van der Waals surface area contributed by atoms with E-state index in [2.05, 4.69) is 20.7 Å². The van der Waals surface area contributed by atoms with Gasteiger partial charge in [0.1, 0.15) is 5.75 Å². The number of carbonyl (C=O) groups is 2. The Balaban J connectivity index is 1.82. The summed E-state index contributed by atoms with van der Waals surface area (Å²) in [5.41, 5.74) is 4.21. The fourth-order valence-electron chi connectivity index (χ4n) is 3.43. The number of rotatable bonds is 13. The summed E-state index contributed by atoms with van der Waals surface area (Å²) in [6, 6.07) is 16.3. The predicted molar refractivity (Wildman–Crippen MR) is 128 cm³/mol. The zero-order valence-corrected chi connectivity index (χ0v) is 19.2. The number of amides is 2. The summed E-state index contributed by atoms with van der Waals surface area (Å²) in [5.74, 6) is 0.580. The zero-order valence-electron chi connectivity index (χ0n) is 19.2. The normalized spacial score (nSPS) is 12.0. The summed E-state index contributed by atoms with van der Waals surface area (Å²) < 4.78 is 5.14. The molecule has 0 fully saturated rings. The Morgan fingerprint density at radius 1 is 1.03 bits per heavy atom. The number of likely N-dealkylation sites (N-methyl/N-ethyl adjacent to an activating group) is 1. The van der Waals surface area contributed by atoms with Crippen LogP contribution in [0.3, 0.4) is 0 Å². The lowest BCUT2D eigenvalue weighted by molar-refractivity contribution is -0.126. The van der Waals surface area contributed by atoms with Crippen LogP contribution in [-0.2, 0) is 4.79 Å². The zero-order chi connectivity index (χ0) is 23.2. The van der Waals surface area contributed by atoms with Crippen LogP contribution < -0.4 is 15.5 Å². The Morgan fingerprint density at radius 3 is 2.34 bits per heavy atom. The summed E-state index contributed by atoms with van der Waals surface area (Å²) in [4.78, 5) is 27.0. The van der Waals surface area contributed by atoms with Gasteiger partial charge in [-0.2, -0.15) is 5.10 Å². The molecule has 2 aromatic carbocycles. The van der Waals surface area contributed by atoms with Crippen molar-refractivity contribution >= 4 is 18.0 Å². The van der Waals surface area contributed by atoms with E-state index in [0.717, 1.165) is 37.2 Å². The van der Waals surface area contributed by atoms with Crippen LogP contribution in [0, 0.1) is 0 Å². The summed E-state index contributed by atoms with van der Waals surface area (Å²) in [6.45, 7) is 6.23. The fourth-order valence-corrected chi connectivity index (χ4v) is 3.43. The van der Waals surface area contributed by atoms with Crippen LogP contribution >= 0.6 is 0 Å². The van der Waals surface area contributed by atoms with Crippen molar-refractivity contribution in [2.45, 2.75) is 39.2 Å². The minimum Gasteiger partial charge on any atom is -0.497 e. The Morgan fingerprint density at radius 2 is 1.72 bits per heavy atom. The van der Waals surface area contributed by atoms with Crippen LogP contribution in [0.15, 0.2) is 59.7 Å². The number of nitrogens with zero attached hydrogens (tertiary/aromatic N) is 2. The van der Waals surface area contributed by atoms with Gasteiger partial charge in [-0.1, -0.05) is 32.0 Å². The summed E-state index contributed by atoms with van der Waals surface area (Å²) in [7, 11) is 1.62. The van der Waals surface area contributed by atoms with E-state index in [1.54, 1.807) is 25.5 Å². The highest BCUT2D eigenvalue weighted by molar-refractivity contribution is 5.94. The van der Waals surface area contributed by atoms with Crippen LogP contribution in [0.4, 0.5) is 0 Å². The van der Waals surface area contributed by atoms with Crippen LogP contribution in [0.2, 0.25) is 0 Å². The van der Waals surface area contributed by atoms with E-state index in [1.165, 1.54) is 0 Å². The molecule has 2 N–H and O–H groups in total. The molecular formula is C25H34N4O3. The Hall–Kier alpha value is -3.19. The van der Waals surface area contributed by atoms with E-state index in [9.17, 15) is 9.59 Å². The molecule has 7 nitrogen and oxygen atoms in total. The number of carbonyl (C=O) groups excluding carboxylic acids is 2. The molecule has 172 valence electrons. The number of hydrogen-bond acceptors (Lipinski definition) is 5. The molecule has 0 aromatic heterocycles. The van der Waals surface area contributed by atoms with Crippen molar-refractivity contribution in [3.05, 3.63) is 65.7 Å². The lowest BCUT2D eigenvalue weighted by Gasteiger charge is -2.28. The van der Waals surface area contributed by atoms with E-state index < -0.39 is 0 Å². The van der Waals surface area contributed by atoms with Crippen LogP contribution in [0.1, 0.15) is 49.0 Å². The van der Waals surface area contributed by atoms with Gasteiger partial charge in [0.2, 0.25) is 0 Å². The van der Waals surface area contributed by atoms with Crippen molar-refractivity contribution < 1.29 is 14.3 Å². The van der Waals surface area contributed by atoms with Gasteiger partial charge in [-0.3, -0.25) is 14.5 Å². The van der Waals surface area contributed by atoms with Crippen molar-refractivity contribution in [1.29, 1.82) is 0 Å². The molecule has 1 unspecified atom stereocenters. The second kappa shape index (κ2) is 14.0. The van der Waals surface area contributed by atoms with Gasteiger partial charge in [-0.15, -0.1) is 0 Å². The van der Waals surface area contributed by atoms with E-state index in [1.807, 2.05) is 56.3 Å². The lowest BCUT2D eigenvalue weighted by atomic mass is 10.1. The molecule has 0 radical (unpaired) electrons. The average Bonchev–Trinajstić information content (AvgIpc) is 2.84. The van der Waals surface area contributed by atoms with E-state index in [4.69, 9.17) is 4.74 Å². The molecule has 2 aromatic rings. The van der Waals surface area contributed by atoms with Crippen LogP contribution in [0.5, 0.6) is 5.75 Å². The Labute approximate surface area is 190 Å². The quantitative estimate of drug-likeness (QED) is 0.285. The molecule has 0 saturated carbocycles. The van der Waals surface area contributed by atoms with Crippen LogP contribution in [0.25, 0.3) is 0 Å².